The molecule has 4 nitrogen and oxygen atoms in total. The minimum Gasteiger partial charge on any atom is -0.396 e. The Hall–Kier alpha value is -1.65. The molecule has 2 aromatic rings. The molecule has 0 saturated carbocycles. The molecule has 1 aromatic heterocycles. The van der Waals surface area contributed by atoms with Gasteiger partial charge < -0.3 is 14.6 Å². The van der Waals surface area contributed by atoms with Gasteiger partial charge in [-0.2, -0.15) is 0 Å². The Bertz CT molecular complexity index is 638. The molecular weight excluding hydrogens is 310 g/mol. The maximum Gasteiger partial charge on any atom is 0.0956 e. The molecule has 136 valence electrons. The molecule has 1 aliphatic rings. The first-order valence-electron chi connectivity index (χ1n) is 9.74. The summed E-state index contributed by atoms with van der Waals surface area (Å²) in [4.78, 5) is 7.23. The molecule has 0 unspecified atom stereocenters. The quantitative estimate of drug-likeness (QED) is 0.798. The predicted molar refractivity (Wildman–Crippen MR) is 103 cm³/mol. The van der Waals surface area contributed by atoms with E-state index in [4.69, 9.17) is 4.98 Å². The van der Waals surface area contributed by atoms with Gasteiger partial charge in [0.25, 0.3) is 0 Å². The Morgan fingerprint density at radius 3 is 2.80 bits per heavy atom. The number of nitrogens with zero attached hydrogens (tertiary/aromatic N) is 3. The molecular formula is C21H31N3O. The molecule has 4 heteroatoms. The average Bonchev–Trinajstić information content (AvgIpc) is 3.08. The van der Waals surface area contributed by atoms with Crippen molar-refractivity contribution < 1.29 is 5.11 Å². The molecule has 0 bridgehead atoms. The summed E-state index contributed by atoms with van der Waals surface area (Å²) in [6, 6.07) is 10.5. The highest BCUT2D eigenvalue weighted by Crippen LogP contribution is 2.24. The molecule has 0 radical (unpaired) electrons. The lowest BCUT2D eigenvalue weighted by Crippen LogP contribution is -2.38. The summed E-state index contributed by atoms with van der Waals surface area (Å²) in [7, 11) is 0. The molecule has 1 atom stereocenters. The van der Waals surface area contributed by atoms with Gasteiger partial charge in [-0.05, 0) is 38.1 Å². The number of rotatable bonds is 8. The summed E-state index contributed by atoms with van der Waals surface area (Å²) in [5.74, 6) is 0.455. The van der Waals surface area contributed by atoms with Crippen molar-refractivity contribution in [3.05, 3.63) is 42.4 Å². The monoisotopic (exact) mass is 341 g/mol. The average molecular weight is 341 g/mol. The number of likely N-dealkylation sites (tertiary alicyclic amines) is 1. The summed E-state index contributed by atoms with van der Waals surface area (Å²) in [5.41, 5.74) is 3.72. The number of imidazole rings is 1. The number of aliphatic hydroxyl groups excluding tert-OH is 1. The molecule has 0 aliphatic carbocycles. The molecule has 1 aromatic carbocycles. The van der Waals surface area contributed by atoms with E-state index in [2.05, 4.69) is 46.7 Å². The highest BCUT2D eigenvalue weighted by Gasteiger charge is 2.19. The standard InChI is InChI=1S/C21H31N3O/c1-2-3-11-20-21(19-9-5-4-6-10-19)22-17-24(20)14-13-23-12-7-8-18(15-23)16-25/h4-6,9-10,17-18,25H,2-3,7-8,11-16H2,1H3/t18-/m1/s1. The number of piperidine rings is 1. The highest BCUT2D eigenvalue weighted by atomic mass is 16.3. The van der Waals surface area contributed by atoms with Gasteiger partial charge in [0.05, 0.1) is 12.0 Å². The van der Waals surface area contributed by atoms with Crippen LogP contribution in [-0.2, 0) is 13.0 Å². The van der Waals surface area contributed by atoms with Crippen molar-refractivity contribution in [1.29, 1.82) is 0 Å². The SMILES string of the molecule is CCCCc1c(-c2ccccc2)ncn1CCN1CCC[C@@H](CO)C1. The third-order valence-corrected chi connectivity index (χ3v) is 5.28. The fourth-order valence-corrected chi connectivity index (χ4v) is 3.80. The zero-order chi connectivity index (χ0) is 17.5. The van der Waals surface area contributed by atoms with Crippen molar-refractivity contribution >= 4 is 0 Å². The second-order valence-corrected chi connectivity index (χ2v) is 7.19. The van der Waals surface area contributed by atoms with Crippen LogP contribution in [0.1, 0.15) is 38.3 Å². The van der Waals surface area contributed by atoms with Gasteiger partial charge in [-0.25, -0.2) is 4.98 Å². The van der Waals surface area contributed by atoms with Gasteiger partial charge in [0.1, 0.15) is 0 Å². The lowest BCUT2D eigenvalue weighted by atomic mass is 9.99. The van der Waals surface area contributed by atoms with Crippen LogP contribution in [0.2, 0.25) is 0 Å². The predicted octanol–water partition coefficient (Wildman–Crippen LogP) is 3.60. The molecule has 3 rings (SSSR count). The highest BCUT2D eigenvalue weighted by molar-refractivity contribution is 5.61. The minimum absolute atomic E-state index is 0.321. The van der Waals surface area contributed by atoms with Crippen molar-refractivity contribution in [3.63, 3.8) is 0 Å². The van der Waals surface area contributed by atoms with Crippen molar-refractivity contribution in [2.75, 3.05) is 26.2 Å². The second-order valence-electron chi connectivity index (χ2n) is 7.19. The summed E-state index contributed by atoms with van der Waals surface area (Å²) in [5, 5.41) is 9.42. The van der Waals surface area contributed by atoms with Gasteiger partial charge in [0.15, 0.2) is 0 Å². The minimum atomic E-state index is 0.321. The van der Waals surface area contributed by atoms with Crippen LogP contribution in [0.5, 0.6) is 0 Å². The summed E-state index contributed by atoms with van der Waals surface area (Å²) in [6.07, 6.45) is 7.86. The van der Waals surface area contributed by atoms with E-state index in [0.29, 0.717) is 12.5 Å². The van der Waals surface area contributed by atoms with Gasteiger partial charge in [0, 0.05) is 37.5 Å². The maximum absolute atomic E-state index is 9.42. The number of benzene rings is 1. The lowest BCUT2D eigenvalue weighted by Gasteiger charge is -2.31. The Balaban J connectivity index is 1.71. The largest absolute Gasteiger partial charge is 0.396 e. The first-order chi connectivity index (χ1) is 12.3. The van der Waals surface area contributed by atoms with Gasteiger partial charge >= 0.3 is 0 Å². The third kappa shape index (κ3) is 4.71. The number of hydrogen-bond acceptors (Lipinski definition) is 3. The zero-order valence-electron chi connectivity index (χ0n) is 15.4. The van der Waals surface area contributed by atoms with Crippen LogP contribution < -0.4 is 0 Å². The Labute approximate surface area is 151 Å². The smallest absolute Gasteiger partial charge is 0.0956 e. The second kappa shape index (κ2) is 9.16. The Morgan fingerprint density at radius 2 is 2.04 bits per heavy atom. The molecule has 25 heavy (non-hydrogen) atoms. The molecule has 1 fully saturated rings. The third-order valence-electron chi connectivity index (χ3n) is 5.28. The van der Waals surface area contributed by atoms with Crippen LogP contribution in [0.15, 0.2) is 36.7 Å². The number of aliphatic hydroxyl groups is 1. The van der Waals surface area contributed by atoms with Crippen molar-refractivity contribution in [2.45, 2.75) is 45.6 Å². The van der Waals surface area contributed by atoms with E-state index in [1.54, 1.807) is 0 Å². The van der Waals surface area contributed by atoms with Crippen LogP contribution >= 0.6 is 0 Å². The molecule has 2 heterocycles. The lowest BCUT2D eigenvalue weighted by molar-refractivity contribution is 0.117. The van der Waals surface area contributed by atoms with Crippen molar-refractivity contribution in [3.8, 4) is 11.3 Å². The van der Waals surface area contributed by atoms with Crippen LogP contribution in [0.3, 0.4) is 0 Å². The van der Waals surface area contributed by atoms with E-state index >= 15 is 0 Å². The van der Waals surface area contributed by atoms with E-state index in [9.17, 15) is 5.11 Å². The van der Waals surface area contributed by atoms with Gasteiger partial charge in [-0.15, -0.1) is 0 Å². The van der Waals surface area contributed by atoms with E-state index in [-0.39, 0.29) is 0 Å². The number of unbranched alkanes of at least 4 members (excludes halogenated alkanes) is 1. The number of hydrogen-bond donors (Lipinski definition) is 1. The topological polar surface area (TPSA) is 41.3 Å². The van der Waals surface area contributed by atoms with E-state index in [0.717, 1.165) is 44.7 Å². The molecule has 1 aliphatic heterocycles. The zero-order valence-corrected chi connectivity index (χ0v) is 15.4. The first kappa shape index (κ1) is 18.2. The van der Waals surface area contributed by atoms with Crippen LogP contribution in [0.4, 0.5) is 0 Å². The van der Waals surface area contributed by atoms with E-state index in [1.165, 1.54) is 30.5 Å². The molecule has 0 spiro atoms. The fourth-order valence-electron chi connectivity index (χ4n) is 3.80. The van der Waals surface area contributed by atoms with E-state index < -0.39 is 0 Å². The van der Waals surface area contributed by atoms with Gasteiger partial charge in [0.2, 0.25) is 0 Å². The van der Waals surface area contributed by atoms with Crippen LogP contribution in [0, 0.1) is 5.92 Å². The summed E-state index contributed by atoms with van der Waals surface area (Å²) < 4.78 is 2.35. The summed E-state index contributed by atoms with van der Waals surface area (Å²) >= 11 is 0. The van der Waals surface area contributed by atoms with Crippen molar-refractivity contribution in [2.24, 2.45) is 5.92 Å². The number of aromatic nitrogens is 2. The first-order valence-corrected chi connectivity index (χ1v) is 9.74. The maximum atomic E-state index is 9.42. The molecule has 0 amide bonds. The Morgan fingerprint density at radius 1 is 1.20 bits per heavy atom. The fraction of sp³-hybridized carbons (Fsp3) is 0.571. The van der Waals surface area contributed by atoms with E-state index in [1.807, 2.05) is 6.33 Å². The molecule has 1 N–H and O–H groups in total. The van der Waals surface area contributed by atoms with Gasteiger partial charge in [-0.1, -0.05) is 43.7 Å². The Kier molecular flexibility index (Phi) is 6.65. The van der Waals surface area contributed by atoms with Crippen molar-refractivity contribution in [1.82, 2.24) is 14.5 Å². The normalized spacial score (nSPS) is 18.6. The van der Waals surface area contributed by atoms with Gasteiger partial charge in [-0.3, -0.25) is 0 Å². The molecule has 1 saturated heterocycles. The summed E-state index contributed by atoms with van der Waals surface area (Å²) in [6.45, 7) is 6.77. The van der Waals surface area contributed by atoms with Crippen LogP contribution in [-0.4, -0.2) is 45.8 Å². The van der Waals surface area contributed by atoms with Crippen LogP contribution in [0.25, 0.3) is 11.3 Å².